The second-order valence-electron chi connectivity index (χ2n) is 4.53. The monoisotopic (exact) mass is 239 g/mol. The van der Waals surface area contributed by atoms with Crippen molar-refractivity contribution in [2.45, 2.75) is 20.3 Å². The van der Waals surface area contributed by atoms with E-state index >= 15 is 0 Å². The molecule has 0 aliphatic carbocycles. The number of hydrogen-bond acceptors (Lipinski definition) is 2. The summed E-state index contributed by atoms with van der Waals surface area (Å²) in [7, 11) is 0. The first kappa shape index (κ1) is 12.4. The van der Waals surface area contributed by atoms with Crippen molar-refractivity contribution in [2.24, 2.45) is 5.16 Å². The van der Waals surface area contributed by atoms with Crippen LogP contribution in [0.4, 0.5) is 0 Å². The fourth-order valence-corrected chi connectivity index (χ4v) is 2.02. The third kappa shape index (κ3) is 2.77. The van der Waals surface area contributed by atoms with Gasteiger partial charge in [-0.15, -0.1) is 0 Å². The number of nitrogens with zero attached hydrogens (tertiary/aromatic N) is 1. The molecule has 18 heavy (non-hydrogen) atoms. The second kappa shape index (κ2) is 5.50. The molecule has 0 aromatic heterocycles. The molecule has 0 bridgehead atoms. The van der Waals surface area contributed by atoms with Crippen LogP contribution in [0.5, 0.6) is 0 Å². The molecule has 0 saturated carbocycles. The van der Waals surface area contributed by atoms with Crippen molar-refractivity contribution in [3.05, 3.63) is 70.8 Å². The maximum absolute atomic E-state index is 9.24. The van der Waals surface area contributed by atoms with Crippen LogP contribution in [0.2, 0.25) is 0 Å². The molecule has 2 heteroatoms. The van der Waals surface area contributed by atoms with Crippen LogP contribution in [-0.4, -0.2) is 10.9 Å². The molecule has 0 aliphatic heterocycles. The molecular weight excluding hydrogens is 222 g/mol. The SMILES string of the molecule is Cc1ccc(C)c(C(Cc2ccccc2)=NO)c1. The first-order valence-electron chi connectivity index (χ1n) is 6.03. The lowest BCUT2D eigenvalue weighted by Crippen LogP contribution is -2.07. The van der Waals surface area contributed by atoms with Gasteiger partial charge in [-0.2, -0.15) is 0 Å². The van der Waals surface area contributed by atoms with Gasteiger partial charge < -0.3 is 5.21 Å². The van der Waals surface area contributed by atoms with Crippen molar-refractivity contribution in [3.63, 3.8) is 0 Å². The highest BCUT2D eigenvalue weighted by Gasteiger charge is 2.09. The normalized spacial score (nSPS) is 11.6. The van der Waals surface area contributed by atoms with Crippen LogP contribution in [0.1, 0.15) is 22.3 Å². The van der Waals surface area contributed by atoms with E-state index < -0.39 is 0 Å². The zero-order chi connectivity index (χ0) is 13.0. The molecule has 1 N–H and O–H groups in total. The molecule has 0 spiro atoms. The maximum atomic E-state index is 9.24. The fourth-order valence-electron chi connectivity index (χ4n) is 2.02. The minimum Gasteiger partial charge on any atom is -0.411 e. The van der Waals surface area contributed by atoms with E-state index in [4.69, 9.17) is 0 Å². The first-order valence-corrected chi connectivity index (χ1v) is 6.03. The zero-order valence-electron chi connectivity index (χ0n) is 10.7. The zero-order valence-corrected chi connectivity index (χ0v) is 10.7. The minimum absolute atomic E-state index is 0.641. The van der Waals surface area contributed by atoms with Gasteiger partial charge in [-0.05, 0) is 31.0 Å². The Morgan fingerprint density at radius 3 is 2.44 bits per heavy atom. The van der Waals surface area contributed by atoms with Crippen molar-refractivity contribution in [3.8, 4) is 0 Å². The first-order chi connectivity index (χ1) is 8.70. The van der Waals surface area contributed by atoms with Crippen LogP contribution < -0.4 is 0 Å². The molecule has 0 atom stereocenters. The average Bonchev–Trinajstić information content (AvgIpc) is 2.40. The summed E-state index contributed by atoms with van der Waals surface area (Å²) >= 11 is 0. The van der Waals surface area contributed by atoms with Gasteiger partial charge in [0.1, 0.15) is 0 Å². The summed E-state index contributed by atoms with van der Waals surface area (Å²) in [6.07, 6.45) is 0.641. The summed E-state index contributed by atoms with van der Waals surface area (Å²) in [6, 6.07) is 16.2. The summed E-state index contributed by atoms with van der Waals surface area (Å²) < 4.78 is 0. The molecule has 92 valence electrons. The van der Waals surface area contributed by atoms with E-state index in [1.807, 2.05) is 44.2 Å². The van der Waals surface area contributed by atoms with E-state index in [2.05, 4.69) is 23.4 Å². The summed E-state index contributed by atoms with van der Waals surface area (Å²) in [5.74, 6) is 0. The van der Waals surface area contributed by atoms with Crippen molar-refractivity contribution in [1.82, 2.24) is 0 Å². The highest BCUT2D eigenvalue weighted by atomic mass is 16.4. The molecular formula is C16H17NO. The molecule has 0 amide bonds. The van der Waals surface area contributed by atoms with E-state index in [0.29, 0.717) is 12.1 Å². The van der Waals surface area contributed by atoms with Gasteiger partial charge in [0.2, 0.25) is 0 Å². The number of aryl methyl sites for hydroxylation is 2. The highest BCUT2D eigenvalue weighted by molar-refractivity contribution is 6.02. The average molecular weight is 239 g/mol. The lowest BCUT2D eigenvalue weighted by Gasteiger charge is -2.09. The maximum Gasteiger partial charge on any atom is 0.0914 e. The Kier molecular flexibility index (Phi) is 3.78. The van der Waals surface area contributed by atoms with Crippen molar-refractivity contribution in [2.75, 3.05) is 0 Å². The van der Waals surface area contributed by atoms with Crippen molar-refractivity contribution in [1.29, 1.82) is 0 Å². The van der Waals surface area contributed by atoms with Crippen LogP contribution in [0.15, 0.2) is 53.7 Å². The smallest absolute Gasteiger partial charge is 0.0914 e. The van der Waals surface area contributed by atoms with E-state index in [1.165, 1.54) is 5.56 Å². The molecule has 0 fully saturated rings. The van der Waals surface area contributed by atoms with Crippen LogP contribution >= 0.6 is 0 Å². The topological polar surface area (TPSA) is 32.6 Å². The quantitative estimate of drug-likeness (QED) is 0.494. The van der Waals surface area contributed by atoms with Crippen LogP contribution in [0.25, 0.3) is 0 Å². The van der Waals surface area contributed by atoms with Crippen LogP contribution in [0.3, 0.4) is 0 Å². The molecule has 0 unspecified atom stereocenters. The fraction of sp³-hybridized carbons (Fsp3) is 0.188. The Labute approximate surface area is 108 Å². The number of benzene rings is 2. The van der Waals surface area contributed by atoms with E-state index in [0.717, 1.165) is 16.7 Å². The van der Waals surface area contributed by atoms with Gasteiger partial charge in [0.15, 0.2) is 0 Å². The predicted octanol–water partition coefficient (Wildman–Crippen LogP) is 3.72. The molecule has 2 rings (SSSR count). The standard InChI is InChI=1S/C16H17NO/c1-12-8-9-13(2)15(10-12)16(17-18)11-14-6-4-3-5-7-14/h3-10,18H,11H2,1-2H3. The van der Waals surface area contributed by atoms with Gasteiger partial charge in [-0.1, -0.05) is 53.2 Å². The van der Waals surface area contributed by atoms with E-state index in [9.17, 15) is 5.21 Å². The Balaban J connectivity index is 2.32. The second-order valence-corrected chi connectivity index (χ2v) is 4.53. The van der Waals surface area contributed by atoms with Gasteiger partial charge in [0.05, 0.1) is 5.71 Å². The molecule has 2 aromatic rings. The summed E-state index contributed by atoms with van der Waals surface area (Å²) in [5.41, 5.74) is 5.17. The van der Waals surface area contributed by atoms with Gasteiger partial charge >= 0.3 is 0 Å². The van der Waals surface area contributed by atoms with Crippen LogP contribution in [-0.2, 0) is 6.42 Å². The minimum atomic E-state index is 0.641. The molecule has 0 saturated heterocycles. The summed E-state index contributed by atoms with van der Waals surface area (Å²) in [6.45, 7) is 4.07. The van der Waals surface area contributed by atoms with Gasteiger partial charge in [0.25, 0.3) is 0 Å². The molecule has 0 heterocycles. The molecule has 0 aliphatic rings. The largest absolute Gasteiger partial charge is 0.411 e. The van der Waals surface area contributed by atoms with Crippen molar-refractivity contribution < 1.29 is 5.21 Å². The van der Waals surface area contributed by atoms with E-state index in [1.54, 1.807) is 0 Å². The van der Waals surface area contributed by atoms with Gasteiger partial charge in [-0.3, -0.25) is 0 Å². The third-order valence-electron chi connectivity index (χ3n) is 3.04. The lowest BCUT2D eigenvalue weighted by molar-refractivity contribution is 0.318. The van der Waals surface area contributed by atoms with Gasteiger partial charge in [-0.25, -0.2) is 0 Å². The molecule has 2 aromatic carbocycles. The number of hydrogen-bond donors (Lipinski definition) is 1. The summed E-state index contributed by atoms with van der Waals surface area (Å²) in [5, 5.41) is 12.7. The molecule has 0 radical (unpaired) electrons. The Morgan fingerprint density at radius 1 is 1.06 bits per heavy atom. The summed E-state index contributed by atoms with van der Waals surface area (Å²) in [4.78, 5) is 0. The third-order valence-corrected chi connectivity index (χ3v) is 3.04. The lowest BCUT2D eigenvalue weighted by atomic mass is 9.97. The molecule has 2 nitrogen and oxygen atoms in total. The predicted molar refractivity (Wildman–Crippen MR) is 74.4 cm³/mol. The van der Waals surface area contributed by atoms with Gasteiger partial charge in [0, 0.05) is 12.0 Å². The number of rotatable bonds is 3. The number of oxime groups is 1. The van der Waals surface area contributed by atoms with E-state index in [-0.39, 0.29) is 0 Å². The Hall–Kier alpha value is -2.09. The van der Waals surface area contributed by atoms with Crippen molar-refractivity contribution >= 4 is 5.71 Å². The Bertz CT molecular complexity index is 559. The Morgan fingerprint density at radius 2 is 1.78 bits per heavy atom. The van der Waals surface area contributed by atoms with Crippen LogP contribution in [0, 0.1) is 13.8 Å². The highest BCUT2D eigenvalue weighted by Crippen LogP contribution is 2.15.